The van der Waals surface area contributed by atoms with Crippen LogP contribution in [0.4, 0.5) is 8.78 Å². The van der Waals surface area contributed by atoms with E-state index in [9.17, 15) is 8.78 Å². The van der Waals surface area contributed by atoms with Crippen LogP contribution in [0.1, 0.15) is 0 Å². The molecule has 0 aliphatic heterocycles. The van der Waals surface area contributed by atoms with Gasteiger partial charge in [0.2, 0.25) is 0 Å². The molecule has 0 unspecified atom stereocenters. The van der Waals surface area contributed by atoms with E-state index in [0.717, 1.165) is 0 Å². The molecule has 0 spiro atoms. The number of benzene rings is 1. The van der Waals surface area contributed by atoms with Crippen LogP contribution in [0.25, 0.3) is 0 Å². The van der Waals surface area contributed by atoms with Crippen molar-refractivity contribution in [1.29, 1.82) is 0 Å². The van der Waals surface area contributed by atoms with E-state index >= 15 is 0 Å². The molecule has 1 rings (SSSR count). The largest absolute Gasteiger partial charge is 2.00 e. The topological polar surface area (TPSA) is 9.23 Å². The van der Waals surface area contributed by atoms with E-state index in [2.05, 4.69) is 10.8 Å². The van der Waals surface area contributed by atoms with Gasteiger partial charge in [-0.3, -0.25) is 0 Å². The Morgan fingerprint density at radius 2 is 2.08 bits per heavy atom. The van der Waals surface area contributed by atoms with Crippen LogP contribution < -0.4 is 17.1 Å². The number of rotatable bonds is 2. The Labute approximate surface area is 91.7 Å². The number of alkyl halides is 2. The van der Waals surface area contributed by atoms with E-state index in [-0.39, 0.29) is 41.2 Å². The van der Waals surface area contributed by atoms with Crippen LogP contribution in [0.2, 0.25) is 0 Å². The second kappa shape index (κ2) is 7.58. The molecule has 0 atom stereocenters. The molecule has 0 aliphatic carbocycles. The third-order valence-corrected chi connectivity index (χ3v) is 0.904. The van der Waals surface area contributed by atoms with Crippen molar-refractivity contribution in [3.63, 3.8) is 0 Å². The summed E-state index contributed by atoms with van der Waals surface area (Å²) in [5.74, 6) is 0.137. The monoisotopic (exact) mass is 202 g/mol. The maximum Gasteiger partial charge on any atom is 2.00 e. The summed E-state index contributed by atoms with van der Waals surface area (Å²) in [6.07, 6.45) is 0. The summed E-state index contributed by atoms with van der Waals surface area (Å²) >= 11 is 0. The van der Waals surface area contributed by atoms with Gasteiger partial charge < -0.3 is 17.1 Å². The van der Waals surface area contributed by atoms with Gasteiger partial charge in [-0.15, -0.1) is 12.1 Å². The van der Waals surface area contributed by atoms with Gasteiger partial charge in [-0.05, 0) is 0 Å². The molecule has 1 aromatic carbocycles. The molecule has 5 heteroatoms. The third kappa shape index (κ3) is 5.57. The molecule has 12 heavy (non-hydrogen) atoms. The Hall–Kier alpha value is -0.0638. The van der Waals surface area contributed by atoms with Crippen LogP contribution in [0.3, 0.4) is 0 Å². The third-order valence-electron chi connectivity index (χ3n) is 0.904. The molecule has 0 fully saturated rings. The summed E-state index contributed by atoms with van der Waals surface area (Å²) in [6.45, 7) is -2.75. The van der Waals surface area contributed by atoms with Gasteiger partial charge in [0.25, 0.3) is 0 Å². The molecule has 62 valence electrons. The summed E-state index contributed by atoms with van der Waals surface area (Å²) in [6, 6.07) is 8.60. The molecular weight excluding hydrogens is 198 g/mol. The average Bonchev–Trinajstić information content (AvgIpc) is 1.88. The van der Waals surface area contributed by atoms with E-state index in [0.29, 0.717) is 0 Å². The quantitative estimate of drug-likeness (QED) is 0.429. The number of hydrogen-bond acceptors (Lipinski definition) is 1. The molecule has 0 N–H and O–H groups in total. The molecule has 0 aliphatic rings. The zero-order valence-corrected chi connectivity index (χ0v) is 8.31. The molecule has 0 heterocycles. The predicted molar refractivity (Wildman–Crippen MR) is 37.7 cm³/mol. The van der Waals surface area contributed by atoms with Gasteiger partial charge in [-0.25, -0.2) is 0 Å². The SMILES string of the molecule is FC(F)Oc1c[c-]ccc1.[Cl-].[Mg+2]. The molecule has 0 amide bonds. The zero-order valence-electron chi connectivity index (χ0n) is 6.14. The molecule has 0 radical (unpaired) electrons. The fourth-order valence-electron chi connectivity index (χ4n) is 0.553. The van der Waals surface area contributed by atoms with Crippen LogP contribution in [0.15, 0.2) is 24.3 Å². The molecule has 0 bridgehead atoms. The second-order valence-corrected chi connectivity index (χ2v) is 1.62. The average molecular weight is 203 g/mol. The van der Waals surface area contributed by atoms with Crippen molar-refractivity contribution in [1.82, 2.24) is 0 Å². The first-order valence-electron chi connectivity index (χ1n) is 2.70. The van der Waals surface area contributed by atoms with Crippen LogP contribution >= 0.6 is 0 Å². The summed E-state index contributed by atoms with van der Waals surface area (Å²) < 4.78 is 27.0. The molecule has 1 aromatic rings. The number of halogens is 3. The van der Waals surface area contributed by atoms with Gasteiger partial charge in [0.1, 0.15) is 0 Å². The van der Waals surface area contributed by atoms with Crippen molar-refractivity contribution in [2.75, 3.05) is 0 Å². The molecule has 0 aromatic heterocycles. The first kappa shape index (κ1) is 14.5. The van der Waals surface area contributed by atoms with Gasteiger partial charge in [0.15, 0.2) is 0 Å². The minimum atomic E-state index is -2.75. The van der Waals surface area contributed by atoms with Crippen molar-refractivity contribution >= 4 is 23.1 Å². The van der Waals surface area contributed by atoms with Crippen molar-refractivity contribution in [2.24, 2.45) is 0 Å². The Balaban J connectivity index is 0. The van der Waals surface area contributed by atoms with Gasteiger partial charge in [-0.1, -0.05) is 0 Å². The maximum absolute atomic E-state index is 11.5. The summed E-state index contributed by atoms with van der Waals surface area (Å²) in [5.41, 5.74) is 0. The van der Waals surface area contributed by atoms with Crippen molar-refractivity contribution in [2.45, 2.75) is 6.61 Å². The van der Waals surface area contributed by atoms with Crippen molar-refractivity contribution in [3.05, 3.63) is 30.3 Å². The van der Waals surface area contributed by atoms with E-state index in [1.54, 1.807) is 12.1 Å². The second-order valence-electron chi connectivity index (χ2n) is 1.62. The normalized spacial score (nSPS) is 8.25. The van der Waals surface area contributed by atoms with E-state index in [1.165, 1.54) is 12.1 Å². The van der Waals surface area contributed by atoms with E-state index in [4.69, 9.17) is 0 Å². The zero-order chi connectivity index (χ0) is 7.40. The molecular formula is C7H5ClF2MgO. The minimum absolute atomic E-state index is 0. The fourth-order valence-corrected chi connectivity index (χ4v) is 0.553. The number of ether oxygens (including phenoxy) is 1. The van der Waals surface area contributed by atoms with Crippen molar-refractivity contribution in [3.8, 4) is 5.75 Å². The Morgan fingerprint density at radius 1 is 1.42 bits per heavy atom. The molecule has 1 nitrogen and oxygen atoms in total. The summed E-state index contributed by atoms with van der Waals surface area (Å²) in [5, 5.41) is 0. The molecule has 0 saturated heterocycles. The van der Waals surface area contributed by atoms with Crippen LogP contribution in [0.5, 0.6) is 5.75 Å². The van der Waals surface area contributed by atoms with Gasteiger partial charge in [0, 0.05) is 5.75 Å². The van der Waals surface area contributed by atoms with Crippen molar-refractivity contribution < 1.29 is 25.9 Å². The summed E-state index contributed by atoms with van der Waals surface area (Å²) in [7, 11) is 0. The smallest absolute Gasteiger partial charge is 1.00 e. The van der Waals surface area contributed by atoms with Gasteiger partial charge in [0.05, 0.1) is 0 Å². The van der Waals surface area contributed by atoms with Crippen LogP contribution in [-0.4, -0.2) is 29.7 Å². The fraction of sp³-hybridized carbons (Fsp3) is 0.143. The first-order valence-corrected chi connectivity index (χ1v) is 2.70. The number of hydrogen-bond donors (Lipinski definition) is 0. The van der Waals surface area contributed by atoms with Crippen LogP contribution in [0, 0.1) is 6.07 Å². The predicted octanol–water partition coefficient (Wildman–Crippen LogP) is -1.29. The first-order chi connectivity index (χ1) is 4.79. The van der Waals surface area contributed by atoms with E-state index in [1.807, 2.05) is 0 Å². The summed E-state index contributed by atoms with van der Waals surface area (Å²) in [4.78, 5) is 0. The maximum atomic E-state index is 11.5. The Kier molecular flexibility index (Phi) is 9.13. The Morgan fingerprint density at radius 3 is 2.50 bits per heavy atom. The molecule has 0 saturated carbocycles. The van der Waals surface area contributed by atoms with Gasteiger partial charge >= 0.3 is 29.7 Å². The Bertz CT molecular complexity index is 196. The van der Waals surface area contributed by atoms with Crippen LogP contribution in [-0.2, 0) is 0 Å². The standard InChI is InChI=1S/C7H5F2O.ClH.Mg/c8-7(9)10-6-4-2-1-3-5-6;;/h1-2,4-5,7H;1H;/q-1;;+2/p-1. The van der Waals surface area contributed by atoms with E-state index < -0.39 is 6.61 Å². The minimum Gasteiger partial charge on any atom is -1.00 e. The van der Waals surface area contributed by atoms with Gasteiger partial charge in [-0.2, -0.15) is 27.0 Å².